The lowest BCUT2D eigenvalue weighted by Gasteiger charge is -2.39. The van der Waals surface area contributed by atoms with Crippen molar-refractivity contribution in [3.8, 4) is 0 Å². The van der Waals surface area contributed by atoms with Crippen LogP contribution in [0.4, 0.5) is 10.2 Å². The maximum Gasteiger partial charge on any atom is 0.231 e. The van der Waals surface area contributed by atoms with Crippen molar-refractivity contribution in [3.05, 3.63) is 51.9 Å². The van der Waals surface area contributed by atoms with E-state index in [2.05, 4.69) is 62.1 Å². The van der Waals surface area contributed by atoms with Crippen molar-refractivity contribution < 1.29 is 9.18 Å². The minimum absolute atomic E-state index is 0.0373. The van der Waals surface area contributed by atoms with Crippen LogP contribution in [0.5, 0.6) is 0 Å². The standard InChI is InChI=1S/C26H33BrFN5O/c1-16-14-19(28)23-21(16)24(30-15-29-23)32-10-12-33(13-11-32)25(34)22(17-4-6-18(27)7-5-17)20-8-9-26(2,3)31-20/h4-7,15-16,19-20,22,31H,8-14H2,1-3H3/t16-,19?,20+,22+/m1/s1. The number of nitrogens with zero attached hydrogens (tertiary/aromatic N) is 4. The molecular formula is C26H33BrFN5O. The maximum absolute atomic E-state index is 14.4. The topological polar surface area (TPSA) is 61.4 Å². The highest BCUT2D eigenvalue weighted by atomic mass is 79.9. The van der Waals surface area contributed by atoms with E-state index in [0.29, 0.717) is 38.3 Å². The van der Waals surface area contributed by atoms with Gasteiger partial charge in [0.05, 0.1) is 11.6 Å². The lowest BCUT2D eigenvalue weighted by molar-refractivity contribution is -0.133. The molecule has 3 heterocycles. The maximum atomic E-state index is 14.4. The highest BCUT2D eigenvalue weighted by Gasteiger charge is 2.41. The summed E-state index contributed by atoms with van der Waals surface area (Å²) in [6.07, 6.45) is 2.98. The average Bonchev–Trinajstić information content (AvgIpc) is 3.33. The Morgan fingerprint density at radius 1 is 1.18 bits per heavy atom. The van der Waals surface area contributed by atoms with Gasteiger partial charge in [0.2, 0.25) is 5.91 Å². The molecular weight excluding hydrogens is 497 g/mol. The second-order valence-corrected chi connectivity index (χ2v) is 11.5. The van der Waals surface area contributed by atoms with Gasteiger partial charge in [-0.25, -0.2) is 14.4 Å². The van der Waals surface area contributed by atoms with Gasteiger partial charge >= 0.3 is 0 Å². The quantitative estimate of drug-likeness (QED) is 0.620. The van der Waals surface area contributed by atoms with Crippen LogP contribution in [0.15, 0.2) is 35.1 Å². The molecule has 1 aliphatic carbocycles. The number of carbonyl (C=O) groups excluding carboxylic acids is 1. The van der Waals surface area contributed by atoms with Gasteiger partial charge in [0.15, 0.2) is 0 Å². The molecule has 5 rings (SSSR count). The number of hydrogen-bond donors (Lipinski definition) is 1. The molecule has 4 atom stereocenters. The normalized spacial score (nSPS) is 27.0. The van der Waals surface area contributed by atoms with Gasteiger partial charge in [-0.1, -0.05) is 35.0 Å². The van der Waals surface area contributed by atoms with Crippen LogP contribution >= 0.6 is 15.9 Å². The number of piperazine rings is 1. The lowest BCUT2D eigenvalue weighted by atomic mass is 9.89. The Hall–Kier alpha value is -2.06. The Kier molecular flexibility index (Phi) is 6.40. The number of alkyl halides is 1. The highest BCUT2D eigenvalue weighted by Crippen LogP contribution is 2.44. The van der Waals surface area contributed by atoms with Crippen molar-refractivity contribution in [2.45, 2.75) is 69.6 Å². The third kappa shape index (κ3) is 4.47. The largest absolute Gasteiger partial charge is 0.353 e. The monoisotopic (exact) mass is 529 g/mol. The Morgan fingerprint density at radius 3 is 2.53 bits per heavy atom. The summed E-state index contributed by atoms with van der Waals surface area (Å²) in [6.45, 7) is 9.10. The van der Waals surface area contributed by atoms with Gasteiger partial charge in [-0.15, -0.1) is 0 Å². The Morgan fingerprint density at radius 2 is 1.88 bits per heavy atom. The van der Waals surface area contributed by atoms with E-state index in [0.717, 1.165) is 34.3 Å². The summed E-state index contributed by atoms with van der Waals surface area (Å²) in [6, 6.07) is 8.28. The number of aromatic nitrogens is 2. The van der Waals surface area contributed by atoms with Gasteiger partial charge in [-0.2, -0.15) is 0 Å². The van der Waals surface area contributed by atoms with E-state index < -0.39 is 6.17 Å². The first-order valence-electron chi connectivity index (χ1n) is 12.3. The van der Waals surface area contributed by atoms with Gasteiger partial charge in [0, 0.05) is 47.8 Å². The minimum atomic E-state index is -1.01. The summed E-state index contributed by atoms with van der Waals surface area (Å²) in [5.41, 5.74) is 2.58. The second kappa shape index (κ2) is 9.19. The number of carbonyl (C=O) groups is 1. The minimum Gasteiger partial charge on any atom is -0.353 e. The molecule has 1 aromatic heterocycles. The average molecular weight is 530 g/mol. The van der Waals surface area contributed by atoms with Crippen molar-refractivity contribution in [2.24, 2.45) is 0 Å². The highest BCUT2D eigenvalue weighted by molar-refractivity contribution is 9.10. The van der Waals surface area contributed by atoms with E-state index in [9.17, 15) is 9.18 Å². The molecule has 2 aromatic rings. The number of nitrogens with one attached hydrogen (secondary N) is 1. The molecule has 2 aliphatic heterocycles. The molecule has 6 nitrogen and oxygen atoms in total. The van der Waals surface area contributed by atoms with Crippen LogP contribution in [0.1, 0.15) is 74.9 Å². The molecule has 8 heteroatoms. The summed E-state index contributed by atoms with van der Waals surface area (Å²) >= 11 is 3.52. The van der Waals surface area contributed by atoms with E-state index in [1.165, 1.54) is 6.33 Å². The number of anilines is 1. The molecule has 0 bridgehead atoms. The fourth-order valence-corrected chi connectivity index (χ4v) is 6.14. The fraction of sp³-hybridized carbons (Fsp3) is 0.577. The lowest BCUT2D eigenvalue weighted by Crippen LogP contribution is -2.53. The predicted molar refractivity (Wildman–Crippen MR) is 135 cm³/mol. The van der Waals surface area contributed by atoms with Gasteiger partial charge in [-0.05, 0) is 56.7 Å². The second-order valence-electron chi connectivity index (χ2n) is 10.6. The third-order valence-electron chi connectivity index (χ3n) is 7.69. The van der Waals surface area contributed by atoms with Crippen molar-refractivity contribution in [2.75, 3.05) is 31.1 Å². The molecule has 182 valence electrons. The molecule has 1 aromatic carbocycles. The summed E-state index contributed by atoms with van der Waals surface area (Å²) in [5.74, 6) is 0.923. The number of fused-ring (bicyclic) bond motifs is 1. The van der Waals surface area contributed by atoms with Crippen molar-refractivity contribution in [1.82, 2.24) is 20.2 Å². The number of benzene rings is 1. The van der Waals surface area contributed by atoms with Crippen LogP contribution in [0, 0.1) is 0 Å². The summed E-state index contributed by atoms with van der Waals surface area (Å²) in [7, 11) is 0. The van der Waals surface area contributed by atoms with E-state index in [1.54, 1.807) is 0 Å². The van der Waals surface area contributed by atoms with Crippen LogP contribution in [0.25, 0.3) is 0 Å². The molecule has 2 saturated heterocycles. The first-order valence-corrected chi connectivity index (χ1v) is 13.1. The third-order valence-corrected chi connectivity index (χ3v) is 8.22. The number of hydrogen-bond acceptors (Lipinski definition) is 5. The molecule has 3 aliphatic rings. The van der Waals surface area contributed by atoms with Crippen molar-refractivity contribution >= 4 is 27.7 Å². The zero-order valence-electron chi connectivity index (χ0n) is 20.1. The van der Waals surface area contributed by atoms with E-state index in [-0.39, 0.29) is 29.3 Å². The van der Waals surface area contributed by atoms with Crippen molar-refractivity contribution in [3.63, 3.8) is 0 Å². The number of halogens is 2. The molecule has 2 fully saturated rings. The first-order chi connectivity index (χ1) is 16.2. The molecule has 0 saturated carbocycles. The summed E-state index contributed by atoms with van der Waals surface area (Å²) in [4.78, 5) is 26.8. The smallest absolute Gasteiger partial charge is 0.231 e. The van der Waals surface area contributed by atoms with E-state index in [1.807, 2.05) is 24.0 Å². The first kappa shape index (κ1) is 23.7. The van der Waals surface area contributed by atoms with E-state index in [4.69, 9.17) is 0 Å². The summed E-state index contributed by atoms with van der Waals surface area (Å²) < 4.78 is 15.4. The Bertz CT molecular complexity index is 1050. The number of rotatable bonds is 4. The molecule has 1 amide bonds. The number of amides is 1. The van der Waals surface area contributed by atoms with Gasteiger partial charge in [-0.3, -0.25) is 4.79 Å². The molecule has 34 heavy (non-hydrogen) atoms. The predicted octanol–water partition coefficient (Wildman–Crippen LogP) is 4.72. The van der Waals surface area contributed by atoms with Crippen LogP contribution in [-0.2, 0) is 4.79 Å². The van der Waals surface area contributed by atoms with Crippen LogP contribution in [-0.4, -0.2) is 58.5 Å². The van der Waals surface area contributed by atoms with Gasteiger partial charge in [0.25, 0.3) is 0 Å². The van der Waals surface area contributed by atoms with Crippen LogP contribution in [0.2, 0.25) is 0 Å². The molecule has 1 N–H and O–H groups in total. The molecule has 1 unspecified atom stereocenters. The Labute approximate surface area is 209 Å². The summed E-state index contributed by atoms with van der Waals surface area (Å²) in [5, 5.41) is 3.71. The fourth-order valence-electron chi connectivity index (χ4n) is 5.88. The zero-order chi connectivity index (χ0) is 24.0. The van der Waals surface area contributed by atoms with Gasteiger partial charge < -0.3 is 15.1 Å². The van der Waals surface area contributed by atoms with Crippen molar-refractivity contribution in [1.29, 1.82) is 0 Å². The molecule has 0 spiro atoms. The SMILES string of the molecule is C[C@@H]1CC(F)c2ncnc(N3CCN(C(=O)[C@@H](c4ccc(Br)cc4)[C@@H]4CCC(C)(C)N4)CC3)c21. The zero-order valence-corrected chi connectivity index (χ0v) is 21.7. The van der Waals surface area contributed by atoms with Crippen LogP contribution < -0.4 is 10.2 Å². The van der Waals surface area contributed by atoms with Crippen LogP contribution in [0.3, 0.4) is 0 Å². The molecule has 0 radical (unpaired) electrons. The Balaban J connectivity index is 1.33. The van der Waals surface area contributed by atoms with E-state index >= 15 is 0 Å². The van der Waals surface area contributed by atoms with Gasteiger partial charge in [0.1, 0.15) is 18.3 Å².